The molecule has 0 heterocycles. The summed E-state index contributed by atoms with van der Waals surface area (Å²) in [4.78, 5) is 11.4. The van der Waals surface area contributed by atoms with E-state index < -0.39 is 23.7 Å². The van der Waals surface area contributed by atoms with Gasteiger partial charge in [0.1, 0.15) is 11.6 Å². The highest BCUT2D eigenvalue weighted by Crippen LogP contribution is 2.20. The predicted octanol–water partition coefficient (Wildman–Crippen LogP) is 1.71. The van der Waals surface area contributed by atoms with Crippen molar-refractivity contribution in [1.82, 2.24) is 10.6 Å². The zero-order chi connectivity index (χ0) is 13.5. The van der Waals surface area contributed by atoms with Crippen molar-refractivity contribution in [2.24, 2.45) is 0 Å². The van der Waals surface area contributed by atoms with Crippen molar-refractivity contribution >= 4 is 6.03 Å². The van der Waals surface area contributed by atoms with E-state index in [1.165, 1.54) is 0 Å². The molecule has 0 aliphatic carbocycles. The van der Waals surface area contributed by atoms with Crippen LogP contribution in [0.1, 0.15) is 24.9 Å². The lowest BCUT2D eigenvalue weighted by molar-refractivity contribution is 0.230. The number of aliphatic hydroxyl groups is 1. The average molecular weight is 258 g/mol. The van der Waals surface area contributed by atoms with Crippen LogP contribution in [0.4, 0.5) is 13.6 Å². The summed E-state index contributed by atoms with van der Waals surface area (Å²) in [6.45, 7) is 1.67. The number of benzene rings is 1. The van der Waals surface area contributed by atoms with E-state index in [1.807, 2.05) is 0 Å². The van der Waals surface area contributed by atoms with Gasteiger partial charge in [-0.15, -0.1) is 0 Å². The van der Waals surface area contributed by atoms with Crippen LogP contribution in [0.2, 0.25) is 0 Å². The smallest absolute Gasteiger partial charge is 0.315 e. The molecule has 3 N–H and O–H groups in total. The average Bonchev–Trinajstić information content (AvgIpc) is 2.36. The second kappa shape index (κ2) is 6.90. The van der Waals surface area contributed by atoms with Gasteiger partial charge in [-0.3, -0.25) is 0 Å². The standard InChI is InChI=1S/C12H16F2N2O2/c1-2-11(16-12(18)15-5-6-17)9-7-8(13)3-4-10(9)14/h3-4,7,11,17H,2,5-6H2,1H3,(H2,15,16,18). The van der Waals surface area contributed by atoms with Gasteiger partial charge >= 0.3 is 6.03 Å². The lowest BCUT2D eigenvalue weighted by Crippen LogP contribution is -2.39. The Hall–Kier alpha value is -1.69. The quantitative estimate of drug-likeness (QED) is 0.753. The molecule has 0 saturated carbocycles. The van der Waals surface area contributed by atoms with Crippen LogP contribution in [0.5, 0.6) is 0 Å². The van der Waals surface area contributed by atoms with Gasteiger partial charge in [0.2, 0.25) is 0 Å². The third kappa shape index (κ3) is 3.96. The molecule has 0 bridgehead atoms. The number of hydrogen-bond donors (Lipinski definition) is 3. The second-order valence-corrected chi connectivity index (χ2v) is 3.75. The van der Waals surface area contributed by atoms with Crippen molar-refractivity contribution < 1.29 is 18.7 Å². The molecular weight excluding hydrogens is 242 g/mol. The zero-order valence-corrected chi connectivity index (χ0v) is 10.0. The number of halogens is 2. The van der Waals surface area contributed by atoms with Gasteiger partial charge in [-0.05, 0) is 24.6 Å². The van der Waals surface area contributed by atoms with Gasteiger partial charge in [0, 0.05) is 12.1 Å². The number of aliphatic hydroxyl groups excluding tert-OH is 1. The first-order valence-electron chi connectivity index (χ1n) is 5.68. The van der Waals surface area contributed by atoms with Gasteiger partial charge in [0.05, 0.1) is 12.6 Å². The summed E-state index contributed by atoms with van der Waals surface area (Å²) in [5.74, 6) is -1.12. The predicted molar refractivity (Wildman–Crippen MR) is 63.0 cm³/mol. The van der Waals surface area contributed by atoms with Crippen LogP contribution in [0.25, 0.3) is 0 Å². The van der Waals surface area contributed by atoms with Crippen LogP contribution in [-0.4, -0.2) is 24.3 Å². The Morgan fingerprint density at radius 2 is 2.17 bits per heavy atom. The number of rotatable bonds is 5. The molecule has 1 aromatic rings. The normalized spacial score (nSPS) is 12.0. The highest BCUT2D eigenvalue weighted by atomic mass is 19.1. The van der Waals surface area contributed by atoms with E-state index in [-0.39, 0.29) is 18.7 Å². The number of urea groups is 1. The first-order valence-corrected chi connectivity index (χ1v) is 5.68. The molecule has 0 aromatic heterocycles. The summed E-state index contributed by atoms with van der Waals surface area (Å²) in [6.07, 6.45) is 0.424. The third-order valence-corrected chi connectivity index (χ3v) is 2.44. The van der Waals surface area contributed by atoms with E-state index in [1.54, 1.807) is 6.92 Å². The molecule has 1 aromatic carbocycles. The maximum Gasteiger partial charge on any atom is 0.315 e. The van der Waals surface area contributed by atoms with Crippen molar-refractivity contribution in [1.29, 1.82) is 0 Å². The van der Waals surface area contributed by atoms with Crippen LogP contribution in [0.15, 0.2) is 18.2 Å². The highest BCUT2D eigenvalue weighted by molar-refractivity contribution is 5.74. The van der Waals surface area contributed by atoms with Crippen molar-refractivity contribution in [3.63, 3.8) is 0 Å². The van der Waals surface area contributed by atoms with Gasteiger partial charge in [-0.2, -0.15) is 0 Å². The van der Waals surface area contributed by atoms with Crippen LogP contribution in [-0.2, 0) is 0 Å². The summed E-state index contributed by atoms with van der Waals surface area (Å²) in [7, 11) is 0. The van der Waals surface area contributed by atoms with Crippen LogP contribution in [0, 0.1) is 11.6 Å². The summed E-state index contributed by atoms with van der Waals surface area (Å²) in [5, 5.41) is 13.5. The van der Waals surface area contributed by atoms with Gasteiger partial charge in [0.25, 0.3) is 0 Å². The number of nitrogens with one attached hydrogen (secondary N) is 2. The van der Waals surface area contributed by atoms with Crippen LogP contribution < -0.4 is 10.6 Å². The Kier molecular flexibility index (Phi) is 5.51. The van der Waals surface area contributed by atoms with Crippen LogP contribution in [0.3, 0.4) is 0 Å². The van der Waals surface area contributed by atoms with E-state index in [9.17, 15) is 13.6 Å². The molecule has 0 saturated heterocycles. The molecule has 18 heavy (non-hydrogen) atoms. The Morgan fingerprint density at radius 3 is 2.78 bits per heavy atom. The lowest BCUT2D eigenvalue weighted by atomic mass is 10.0. The van der Waals surface area contributed by atoms with E-state index in [0.29, 0.717) is 6.42 Å². The maximum atomic E-state index is 13.5. The van der Waals surface area contributed by atoms with E-state index in [4.69, 9.17) is 5.11 Å². The first kappa shape index (κ1) is 14.4. The molecule has 4 nitrogen and oxygen atoms in total. The maximum absolute atomic E-state index is 13.5. The van der Waals surface area contributed by atoms with E-state index in [2.05, 4.69) is 10.6 Å². The van der Waals surface area contributed by atoms with Crippen LogP contribution >= 0.6 is 0 Å². The molecule has 0 aliphatic rings. The molecule has 0 aliphatic heterocycles. The van der Waals surface area contributed by atoms with Gasteiger partial charge < -0.3 is 15.7 Å². The molecule has 100 valence electrons. The molecule has 0 radical (unpaired) electrons. The van der Waals surface area contributed by atoms with Crippen molar-refractivity contribution in [2.45, 2.75) is 19.4 Å². The minimum atomic E-state index is -0.612. The Morgan fingerprint density at radius 1 is 1.44 bits per heavy atom. The SMILES string of the molecule is CCC(NC(=O)NCCO)c1cc(F)ccc1F. The monoisotopic (exact) mass is 258 g/mol. The number of amides is 2. The minimum Gasteiger partial charge on any atom is -0.395 e. The third-order valence-electron chi connectivity index (χ3n) is 2.44. The second-order valence-electron chi connectivity index (χ2n) is 3.75. The molecule has 0 spiro atoms. The fraction of sp³-hybridized carbons (Fsp3) is 0.417. The topological polar surface area (TPSA) is 61.4 Å². The number of carbonyl (C=O) groups excluding carboxylic acids is 1. The summed E-state index contributed by atoms with van der Waals surface area (Å²) in [5.41, 5.74) is 0.108. The van der Waals surface area contributed by atoms with Gasteiger partial charge in [-0.1, -0.05) is 6.92 Å². The lowest BCUT2D eigenvalue weighted by Gasteiger charge is -2.18. The number of hydrogen-bond acceptors (Lipinski definition) is 2. The summed E-state index contributed by atoms with van der Waals surface area (Å²) in [6, 6.07) is 1.98. The Balaban J connectivity index is 2.76. The molecule has 2 amide bonds. The molecular formula is C12H16F2N2O2. The fourth-order valence-electron chi connectivity index (χ4n) is 1.56. The highest BCUT2D eigenvalue weighted by Gasteiger charge is 2.16. The fourth-order valence-corrected chi connectivity index (χ4v) is 1.56. The van der Waals surface area contributed by atoms with Gasteiger partial charge in [0.15, 0.2) is 0 Å². The van der Waals surface area contributed by atoms with E-state index >= 15 is 0 Å². The van der Waals surface area contributed by atoms with Crippen molar-refractivity contribution in [3.8, 4) is 0 Å². The Labute approximate surface area is 104 Å². The summed E-state index contributed by atoms with van der Waals surface area (Å²) < 4.78 is 26.6. The molecule has 1 atom stereocenters. The largest absolute Gasteiger partial charge is 0.395 e. The number of carbonyl (C=O) groups is 1. The molecule has 1 unspecified atom stereocenters. The van der Waals surface area contributed by atoms with Crippen molar-refractivity contribution in [2.75, 3.05) is 13.2 Å². The molecule has 6 heteroatoms. The van der Waals surface area contributed by atoms with E-state index in [0.717, 1.165) is 18.2 Å². The Bertz CT molecular complexity index is 413. The molecule has 0 fully saturated rings. The first-order chi connectivity index (χ1) is 8.58. The summed E-state index contributed by atoms with van der Waals surface area (Å²) >= 11 is 0. The van der Waals surface area contributed by atoms with Gasteiger partial charge in [-0.25, -0.2) is 13.6 Å². The zero-order valence-electron chi connectivity index (χ0n) is 10.0. The molecule has 1 rings (SSSR count). The minimum absolute atomic E-state index is 0.105. The van der Waals surface area contributed by atoms with Crippen molar-refractivity contribution in [3.05, 3.63) is 35.4 Å².